The van der Waals surface area contributed by atoms with Crippen LogP contribution in [0.4, 0.5) is 0 Å². The summed E-state index contributed by atoms with van der Waals surface area (Å²) < 4.78 is 16.3. The highest BCUT2D eigenvalue weighted by atomic mass is 16.5. The van der Waals surface area contributed by atoms with Crippen LogP contribution in [0.1, 0.15) is 32.6 Å². The zero-order chi connectivity index (χ0) is 13.1. The van der Waals surface area contributed by atoms with Gasteiger partial charge in [0.05, 0.1) is 13.2 Å². The van der Waals surface area contributed by atoms with Crippen molar-refractivity contribution in [1.82, 2.24) is 5.32 Å². The first-order valence-corrected chi connectivity index (χ1v) is 7.18. The number of unbranched alkanes of at least 4 members (excludes halogenated alkanes) is 1. The molecule has 0 spiro atoms. The first-order chi connectivity index (χ1) is 8.83. The van der Waals surface area contributed by atoms with E-state index < -0.39 is 0 Å². The summed E-state index contributed by atoms with van der Waals surface area (Å²) in [5.41, 5.74) is 0.278. The largest absolute Gasteiger partial charge is 0.383 e. The van der Waals surface area contributed by atoms with E-state index in [-0.39, 0.29) is 5.41 Å². The van der Waals surface area contributed by atoms with Crippen LogP contribution < -0.4 is 5.32 Å². The maximum atomic E-state index is 5.68. The van der Waals surface area contributed by atoms with Crippen molar-refractivity contribution >= 4 is 0 Å². The molecule has 0 saturated carbocycles. The third kappa shape index (κ3) is 6.14. The van der Waals surface area contributed by atoms with Crippen molar-refractivity contribution in [2.75, 3.05) is 53.2 Å². The highest BCUT2D eigenvalue weighted by Gasteiger charge is 2.34. The second-order valence-corrected chi connectivity index (χ2v) is 5.19. The third-order valence-corrected chi connectivity index (χ3v) is 3.59. The molecule has 18 heavy (non-hydrogen) atoms. The molecule has 0 bridgehead atoms. The van der Waals surface area contributed by atoms with Gasteiger partial charge in [0.2, 0.25) is 0 Å². The molecular formula is C14H29NO3. The van der Waals surface area contributed by atoms with Crippen LogP contribution in [-0.2, 0) is 14.2 Å². The number of nitrogens with one attached hydrogen (secondary N) is 1. The first-order valence-electron chi connectivity index (χ1n) is 7.18. The Morgan fingerprint density at radius 2 is 2.17 bits per heavy atom. The minimum absolute atomic E-state index is 0.278. The standard InChI is InChI=1S/C14H29NO3/c1-3-4-8-17-9-5-14(6-10-18-13-14)12-15-7-11-16-2/h15H,3-13H2,1-2H3. The highest BCUT2D eigenvalue weighted by Crippen LogP contribution is 2.31. The van der Waals surface area contributed by atoms with Gasteiger partial charge in [-0.15, -0.1) is 0 Å². The fourth-order valence-electron chi connectivity index (χ4n) is 2.24. The lowest BCUT2D eigenvalue weighted by Gasteiger charge is -2.27. The van der Waals surface area contributed by atoms with Gasteiger partial charge < -0.3 is 19.5 Å². The maximum absolute atomic E-state index is 5.68. The molecule has 0 radical (unpaired) electrons. The molecule has 0 aromatic rings. The van der Waals surface area contributed by atoms with Gasteiger partial charge in [0, 0.05) is 45.4 Å². The highest BCUT2D eigenvalue weighted by molar-refractivity contribution is 4.85. The van der Waals surface area contributed by atoms with E-state index >= 15 is 0 Å². The van der Waals surface area contributed by atoms with Crippen LogP contribution in [0.5, 0.6) is 0 Å². The second-order valence-electron chi connectivity index (χ2n) is 5.19. The third-order valence-electron chi connectivity index (χ3n) is 3.59. The minimum Gasteiger partial charge on any atom is -0.383 e. The zero-order valence-electron chi connectivity index (χ0n) is 12.0. The average molecular weight is 259 g/mol. The summed E-state index contributed by atoms with van der Waals surface area (Å²) in [6.07, 6.45) is 4.60. The van der Waals surface area contributed by atoms with Crippen LogP contribution in [0.2, 0.25) is 0 Å². The summed E-state index contributed by atoms with van der Waals surface area (Å²) in [6, 6.07) is 0. The SMILES string of the molecule is CCCCOCCC1(CNCCOC)CCOC1. The molecule has 4 nitrogen and oxygen atoms in total. The lowest BCUT2D eigenvalue weighted by molar-refractivity contribution is 0.0779. The van der Waals surface area contributed by atoms with Crippen LogP contribution in [-0.4, -0.2) is 53.2 Å². The molecule has 1 saturated heterocycles. The Balaban J connectivity index is 2.16. The van der Waals surface area contributed by atoms with E-state index in [0.717, 1.165) is 65.4 Å². The summed E-state index contributed by atoms with van der Waals surface area (Å²) in [5, 5.41) is 3.46. The number of hydrogen-bond donors (Lipinski definition) is 1. The van der Waals surface area contributed by atoms with E-state index in [1.54, 1.807) is 7.11 Å². The summed E-state index contributed by atoms with van der Waals surface area (Å²) >= 11 is 0. The van der Waals surface area contributed by atoms with Crippen LogP contribution in [0.15, 0.2) is 0 Å². The fourth-order valence-corrected chi connectivity index (χ4v) is 2.24. The molecule has 0 aliphatic carbocycles. The maximum Gasteiger partial charge on any atom is 0.0587 e. The van der Waals surface area contributed by atoms with Crippen molar-refractivity contribution in [2.24, 2.45) is 5.41 Å². The lowest BCUT2D eigenvalue weighted by atomic mass is 9.84. The Kier molecular flexibility index (Phi) is 8.59. The van der Waals surface area contributed by atoms with E-state index in [2.05, 4.69) is 12.2 Å². The van der Waals surface area contributed by atoms with Gasteiger partial charge in [-0.25, -0.2) is 0 Å². The van der Waals surface area contributed by atoms with E-state index in [9.17, 15) is 0 Å². The van der Waals surface area contributed by atoms with E-state index in [4.69, 9.17) is 14.2 Å². The predicted molar refractivity (Wildman–Crippen MR) is 73.0 cm³/mol. The molecule has 1 N–H and O–H groups in total. The summed E-state index contributed by atoms with van der Waals surface area (Å²) in [5.74, 6) is 0. The Labute approximate surface area is 111 Å². The molecule has 1 heterocycles. The normalized spacial score (nSPS) is 23.7. The number of rotatable bonds is 11. The molecule has 1 unspecified atom stereocenters. The van der Waals surface area contributed by atoms with Crippen LogP contribution in [0.25, 0.3) is 0 Å². The topological polar surface area (TPSA) is 39.7 Å². The molecule has 4 heteroatoms. The summed E-state index contributed by atoms with van der Waals surface area (Å²) in [7, 11) is 1.73. The number of methoxy groups -OCH3 is 1. The predicted octanol–water partition coefficient (Wildman–Crippen LogP) is 1.84. The molecule has 1 rings (SSSR count). The van der Waals surface area contributed by atoms with Crippen molar-refractivity contribution in [3.05, 3.63) is 0 Å². The van der Waals surface area contributed by atoms with Crippen LogP contribution in [0.3, 0.4) is 0 Å². The second kappa shape index (κ2) is 9.73. The van der Waals surface area contributed by atoms with Gasteiger partial charge in [-0.1, -0.05) is 13.3 Å². The molecular weight excluding hydrogens is 230 g/mol. The Bertz CT molecular complexity index is 193. The van der Waals surface area contributed by atoms with Gasteiger partial charge in [0.25, 0.3) is 0 Å². The number of hydrogen-bond acceptors (Lipinski definition) is 4. The van der Waals surface area contributed by atoms with E-state index in [1.165, 1.54) is 6.42 Å². The van der Waals surface area contributed by atoms with Crippen LogP contribution >= 0.6 is 0 Å². The van der Waals surface area contributed by atoms with Crippen molar-refractivity contribution < 1.29 is 14.2 Å². The number of ether oxygens (including phenoxy) is 3. The Morgan fingerprint density at radius 1 is 1.28 bits per heavy atom. The van der Waals surface area contributed by atoms with Crippen molar-refractivity contribution in [2.45, 2.75) is 32.6 Å². The quantitative estimate of drug-likeness (QED) is 0.575. The first kappa shape index (κ1) is 15.9. The molecule has 0 aromatic heterocycles. The van der Waals surface area contributed by atoms with Crippen molar-refractivity contribution in [3.63, 3.8) is 0 Å². The van der Waals surface area contributed by atoms with Crippen molar-refractivity contribution in [1.29, 1.82) is 0 Å². The van der Waals surface area contributed by atoms with Gasteiger partial charge in [-0.3, -0.25) is 0 Å². The van der Waals surface area contributed by atoms with Crippen molar-refractivity contribution in [3.8, 4) is 0 Å². The van der Waals surface area contributed by atoms with E-state index in [0.29, 0.717) is 0 Å². The van der Waals surface area contributed by atoms with E-state index in [1.807, 2.05) is 0 Å². The summed E-state index contributed by atoms with van der Waals surface area (Å²) in [4.78, 5) is 0. The van der Waals surface area contributed by atoms with Gasteiger partial charge in [0.15, 0.2) is 0 Å². The Hall–Kier alpha value is -0.160. The van der Waals surface area contributed by atoms with Gasteiger partial charge in [-0.2, -0.15) is 0 Å². The van der Waals surface area contributed by atoms with Gasteiger partial charge in [0.1, 0.15) is 0 Å². The minimum atomic E-state index is 0.278. The molecule has 1 aliphatic rings. The molecule has 108 valence electrons. The molecule has 1 atom stereocenters. The zero-order valence-corrected chi connectivity index (χ0v) is 12.0. The summed E-state index contributed by atoms with van der Waals surface area (Å²) in [6.45, 7) is 8.38. The molecule has 0 amide bonds. The molecule has 0 aromatic carbocycles. The smallest absolute Gasteiger partial charge is 0.0587 e. The fraction of sp³-hybridized carbons (Fsp3) is 1.00. The van der Waals surface area contributed by atoms with Gasteiger partial charge >= 0.3 is 0 Å². The van der Waals surface area contributed by atoms with Gasteiger partial charge in [-0.05, 0) is 19.3 Å². The lowest BCUT2D eigenvalue weighted by Crippen LogP contribution is -2.37. The monoisotopic (exact) mass is 259 g/mol. The molecule has 1 fully saturated rings. The Morgan fingerprint density at radius 3 is 2.83 bits per heavy atom. The molecule has 1 aliphatic heterocycles. The van der Waals surface area contributed by atoms with Crippen LogP contribution in [0, 0.1) is 5.41 Å². The average Bonchev–Trinajstić information content (AvgIpc) is 2.84.